The summed E-state index contributed by atoms with van der Waals surface area (Å²) in [6, 6.07) is 23.6. The van der Waals surface area contributed by atoms with Gasteiger partial charge in [0, 0.05) is 41.8 Å². The zero-order valence-electron chi connectivity index (χ0n) is 17.1. The minimum absolute atomic E-state index is 0.155. The van der Waals surface area contributed by atoms with Crippen LogP contribution < -0.4 is 5.32 Å². The summed E-state index contributed by atoms with van der Waals surface area (Å²) in [5.41, 5.74) is 4.63. The summed E-state index contributed by atoms with van der Waals surface area (Å²) in [5, 5.41) is 8.61. The maximum Gasteiger partial charge on any atom is 0.263 e. The van der Waals surface area contributed by atoms with E-state index in [1.807, 2.05) is 83.7 Å². The van der Waals surface area contributed by atoms with Gasteiger partial charge in [-0.25, -0.2) is 9.67 Å². The molecule has 3 heterocycles. The number of aromatic nitrogens is 4. The van der Waals surface area contributed by atoms with Gasteiger partial charge in [-0.2, -0.15) is 5.10 Å². The fourth-order valence-electron chi connectivity index (χ4n) is 3.36. The summed E-state index contributed by atoms with van der Waals surface area (Å²) >= 11 is 1.38. The van der Waals surface area contributed by atoms with E-state index < -0.39 is 0 Å². The number of hydrogen-bond acceptors (Lipinski definition) is 5. The van der Waals surface area contributed by atoms with Crippen LogP contribution in [-0.2, 0) is 6.54 Å². The zero-order valence-corrected chi connectivity index (χ0v) is 17.9. The molecule has 5 rings (SSSR count). The zero-order chi connectivity index (χ0) is 21.8. The van der Waals surface area contributed by atoms with E-state index in [4.69, 9.17) is 5.10 Å². The monoisotopic (exact) mass is 437 g/mol. The number of amides is 1. The lowest BCUT2D eigenvalue weighted by atomic mass is 10.1. The molecule has 1 N–H and O–H groups in total. The molecule has 156 valence electrons. The first-order valence-electron chi connectivity index (χ1n) is 10.1. The van der Waals surface area contributed by atoms with Crippen molar-refractivity contribution >= 4 is 17.2 Å². The first kappa shape index (κ1) is 19.8. The fourth-order valence-corrected chi connectivity index (χ4v) is 4.20. The highest BCUT2D eigenvalue weighted by molar-refractivity contribution is 7.16. The molecule has 0 aliphatic carbocycles. The van der Waals surface area contributed by atoms with Gasteiger partial charge < -0.3 is 5.32 Å². The van der Waals surface area contributed by atoms with E-state index in [0.29, 0.717) is 11.4 Å². The molecule has 0 spiro atoms. The van der Waals surface area contributed by atoms with Gasteiger partial charge in [0.1, 0.15) is 9.88 Å². The molecular weight excluding hydrogens is 418 g/mol. The van der Waals surface area contributed by atoms with Crippen molar-refractivity contribution in [1.82, 2.24) is 25.1 Å². The fraction of sp³-hybridized carbons (Fsp3) is 0.0400. The summed E-state index contributed by atoms with van der Waals surface area (Å²) in [5.74, 6) is -0.155. The van der Waals surface area contributed by atoms with Gasteiger partial charge in [0.2, 0.25) is 0 Å². The maximum absolute atomic E-state index is 12.8. The number of nitrogens with one attached hydrogen (secondary N) is 1. The Morgan fingerprint density at radius 2 is 1.62 bits per heavy atom. The molecule has 0 saturated heterocycles. The van der Waals surface area contributed by atoms with Gasteiger partial charge in [-0.3, -0.25) is 9.78 Å². The molecule has 7 heteroatoms. The Morgan fingerprint density at radius 1 is 0.906 bits per heavy atom. The molecular formula is C25H19N5OS. The van der Waals surface area contributed by atoms with E-state index in [0.717, 1.165) is 33.1 Å². The topological polar surface area (TPSA) is 72.7 Å². The number of thiazole rings is 1. The van der Waals surface area contributed by atoms with Crippen molar-refractivity contribution in [3.8, 4) is 27.5 Å². The van der Waals surface area contributed by atoms with Gasteiger partial charge in [0.25, 0.3) is 5.91 Å². The molecule has 32 heavy (non-hydrogen) atoms. The second kappa shape index (κ2) is 8.95. The second-order valence-electron chi connectivity index (χ2n) is 7.10. The van der Waals surface area contributed by atoms with E-state index >= 15 is 0 Å². The average molecular weight is 438 g/mol. The predicted molar refractivity (Wildman–Crippen MR) is 126 cm³/mol. The van der Waals surface area contributed by atoms with Crippen LogP contribution >= 0.6 is 11.3 Å². The molecule has 0 aliphatic heterocycles. The SMILES string of the molecule is O=C(NCc1cn(-c2ccccc2)nc1-c1ccncc1)c1cnc(-c2ccccc2)s1. The first-order chi connectivity index (χ1) is 15.8. The smallest absolute Gasteiger partial charge is 0.263 e. The lowest BCUT2D eigenvalue weighted by Crippen LogP contribution is -2.21. The van der Waals surface area contributed by atoms with Gasteiger partial charge in [0.15, 0.2) is 0 Å². The van der Waals surface area contributed by atoms with Crippen LogP contribution in [0.1, 0.15) is 15.2 Å². The minimum Gasteiger partial charge on any atom is -0.347 e. The highest BCUT2D eigenvalue weighted by atomic mass is 32.1. The summed E-state index contributed by atoms with van der Waals surface area (Å²) in [6.45, 7) is 0.349. The van der Waals surface area contributed by atoms with E-state index in [1.165, 1.54) is 11.3 Å². The van der Waals surface area contributed by atoms with Crippen LogP contribution in [0.4, 0.5) is 0 Å². The third kappa shape index (κ3) is 4.19. The van der Waals surface area contributed by atoms with Crippen molar-refractivity contribution in [2.24, 2.45) is 0 Å². The first-order valence-corrected chi connectivity index (χ1v) is 10.9. The van der Waals surface area contributed by atoms with Crippen molar-refractivity contribution in [2.75, 3.05) is 0 Å². The molecule has 1 amide bonds. The highest BCUT2D eigenvalue weighted by Gasteiger charge is 2.16. The number of benzene rings is 2. The van der Waals surface area contributed by atoms with Crippen LogP contribution in [0.3, 0.4) is 0 Å². The van der Waals surface area contributed by atoms with E-state index in [1.54, 1.807) is 18.6 Å². The molecule has 2 aromatic carbocycles. The number of rotatable bonds is 6. The predicted octanol–water partition coefficient (Wildman–Crippen LogP) is 4.99. The number of carbonyl (C=O) groups is 1. The van der Waals surface area contributed by atoms with Crippen molar-refractivity contribution in [3.63, 3.8) is 0 Å². The van der Waals surface area contributed by atoms with Crippen LogP contribution in [0.2, 0.25) is 0 Å². The van der Waals surface area contributed by atoms with Gasteiger partial charge in [-0.15, -0.1) is 11.3 Å². The highest BCUT2D eigenvalue weighted by Crippen LogP contribution is 2.26. The largest absolute Gasteiger partial charge is 0.347 e. The lowest BCUT2D eigenvalue weighted by molar-refractivity contribution is 0.0955. The molecule has 0 fully saturated rings. The van der Waals surface area contributed by atoms with Crippen molar-refractivity contribution in [3.05, 3.63) is 108 Å². The third-order valence-corrected chi connectivity index (χ3v) is 6.00. The van der Waals surface area contributed by atoms with Crippen molar-refractivity contribution in [1.29, 1.82) is 0 Å². The summed E-state index contributed by atoms with van der Waals surface area (Å²) in [6.07, 6.45) is 7.05. The van der Waals surface area contributed by atoms with Crippen molar-refractivity contribution in [2.45, 2.75) is 6.54 Å². The number of para-hydroxylation sites is 1. The maximum atomic E-state index is 12.8. The molecule has 0 saturated carbocycles. The standard InChI is InChI=1S/C25H19N5OS/c31-24(22-16-28-25(32-22)19-7-3-1-4-8-19)27-15-20-17-30(21-9-5-2-6-10-21)29-23(20)18-11-13-26-14-12-18/h1-14,16-17H,15H2,(H,27,31). The molecule has 0 aliphatic rings. The Kier molecular flexibility index (Phi) is 5.55. The second-order valence-corrected chi connectivity index (χ2v) is 8.13. The Labute approximate surface area is 189 Å². The molecule has 6 nitrogen and oxygen atoms in total. The lowest BCUT2D eigenvalue weighted by Gasteiger charge is -2.04. The molecule has 0 bridgehead atoms. The van der Waals surface area contributed by atoms with Crippen LogP contribution in [-0.4, -0.2) is 25.7 Å². The molecule has 0 atom stereocenters. The van der Waals surface area contributed by atoms with E-state index in [9.17, 15) is 4.79 Å². The summed E-state index contributed by atoms with van der Waals surface area (Å²) in [4.78, 5) is 21.9. The quantitative estimate of drug-likeness (QED) is 0.406. The number of carbonyl (C=O) groups excluding carboxylic acids is 1. The molecule has 0 unspecified atom stereocenters. The summed E-state index contributed by atoms with van der Waals surface area (Å²) < 4.78 is 1.83. The Balaban J connectivity index is 1.38. The minimum atomic E-state index is -0.155. The number of hydrogen-bond donors (Lipinski definition) is 1. The summed E-state index contributed by atoms with van der Waals surface area (Å²) in [7, 11) is 0. The van der Waals surface area contributed by atoms with E-state index in [2.05, 4.69) is 15.3 Å². The van der Waals surface area contributed by atoms with Crippen LogP contribution in [0.15, 0.2) is 97.6 Å². The molecule has 3 aromatic heterocycles. The van der Waals surface area contributed by atoms with Crippen LogP contribution in [0, 0.1) is 0 Å². The van der Waals surface area contributed by atoms with Gasteiger partial charge in [0.05, 0.1) is 17.6 Å². The van der Waals surface area contributed by atoms with Gasteiger partial charge in [-0.1, -0.05) is 48.5 Å². The number of nitrogens with zero attached hydrogens (tertiary/aromatic N) is 4. The Bertz CT molecular complexity index is 1330. The van der Waals surface area contributed by atoms with E-state index in [-0.39, 0.29) is 5.91 Å². The van der Waals surface area contributed by atoms with Crippen LogP contribution in [0.25, 0.3) is 27.5 Å². The van der Waals surface area contributed by atoms with Crippen LogP contribution in [0.5, 0.6) is 0 Å². The van der Waals surface area contributed by atoms with Crippen molar-refractivity contribution < 1.29 is 4.79 Å². The third-order valence-electron chi connectivity index (χ3n) is 4.95. The molecule has 0 radical (unpaired) electrons. The Morgan fingerprint density at radius 3 is 2.38 bits per heavy atom. The molecule has 5 aromatic rings. The normalized spacial score (nSPS) is 10.8. The average Bonchev–Trinajstić information content (AvgIpc) is 3.52. The Hall–Kier alpha value is -4.10. The van der Waals surface area contributed by atoms with Gasteiger partial charge in [-0.05, 0) is 24.3 Å². The van der Waals surface area contributed by atoms with Gasteiger partial charge >= 0.3 is 0 Å². The number of pyridine rings is 1.